The average molecular weight is 297 g/mol. The van der Waals surface area contributed by atoms with Crippen LogP contribution in [0, 0.1) is 16.0 Å². The zero-order valence-electron chi connectivity index (χ0n) is 11.3. The number of nitrogens with zero attached hydrogens (tertiary/aromatic N) is 2. The van der Waals surface area contributed by atoms with Gasteiger partial charge >= 0.3 is 0 Å². The van der Waals surface area contributed by atoms with Gasteiger partial charge < -0.3 is 4.90 Å². The Labute approximate surface area is 122 Å². The Balaban J connectivity index is 2.24. The lowest BCUT2D eigenvalue weighted by Crippen LogP contribution is -2.33. The number of hydrogen-bond donors (Lipinski definition) is 0. The highest BCUT2D eigenvalue weighted by molar-refractivity contribution is 6.33. The van der Waals surface area contributed by atoms with E-state index >= 15 is 0 Å². The summed E-state index contributed by atoms with van der Waals surface area (Å²) < 4.78 is 0. The highest BCUT2D eigenvalue weighted by Crippen LogP contribution is 2.31. The first-order chi connectivity index (χ1) is 9.52. The summed E-state index contributed by atoms with van der Waals surface area (Å²) in [6.07, 6.45) is 3.15. The second-order valence-electron chi connectivity index (χ2n) is 5.12. The van der Waals surface area contributed by atoms with Crippen LogP contribution in [0.5, 0.6) is 0 Å². The summed E-state index contributed by atoms with van der Waals surface area (Å²) in [6, 6.07) is 3.98. The molecule has 1 aromatic carbocycles. The van der Waals surface area contributed by atoms with Crippen molar-refractivity contribution in [2.45, 2.75) is 26.2 Å². The van der Waals surface area contributed by atoms with E-state index in [9.17, 15) is 14.9 Å². The van der Waals surface area contributed by atoms with Gasteiger partial charge in [-0.25, -0.2) is 0 Å². The van der Waals surface area contributed by atoms with Crippen LogP contribution in [0.15, 0.2) is 18.2 Å². The normalized spacial score (nSPS) is 14.1. The molecule has 0 bridgehead atoms. The predicted octanol–water partition coefficient (Wildman–Crippen LogP) is 3.51. The molecular weight excluding hydrogens is 280 g/mol. The molecule has 1 saturated carbocycles. The predicted molar refractivity (Wildman–Crippen MR) is 77.0 cm³/mol. The van der Waals surface area contributed by atoms with Crippen LogP contribution in [0.3, 0.4) is 0 Å². The summed E-state index contributed by atoms with van der Waals surface area (Å²) in [6.45, 7) is 3.36. The van der Waals surface area contributed by atoms with Crippen LogP contribution in [-0.2, 0) is 0 Å². The summed E-state index contributed by atoms with van der Waals surface area (Å²) >= 11 is 6.02. The van der Waals surface area contributed by atoms with Crippen molar-refractivity contribution >= 4 is 23.2 Å². The number of nitro benzene ring substituents is 1. The third-order valence-corrected chi connectivity index (χ3v) is 3.68. The van der Waals surface area contributed by atoms with Crippen LogP contribution in [0.4, 0.5) is 5.69 Å². The van der Waals surface area contributed by atoms with Crippen molar-refractivity contribution in [2.24, 2.45) is 5.92 Å². The smallest absolute Gasteiger partial charge is 0.270 e. The molecule has 0 radical (unpaired) electrons. The fourth-order valence-corrected chi connectivity index (χ4v) is 2.32. The van der Waals surface area contributed by atoms with Gasteiger partial charge in [0.05, 0.1) is 15.5 Å². The summed E-state index contributed by atoms with van der Waals surface area (Å²) in [5.74, 6) is 0.357. The van der Waals surface area contributed by atoms with Crippen molar-refractivity contribution in [2.75, 3.05) is 13.1 Å². The van der Waals surface area contributed by atoms with E-state index in [0.717, 1.165) is 19.3 Å². The molecule has 0 aliphatic heterocycles. The molecule has 0 spiro atoms. The number of non-ortho nitro benzene ring substituents is 1. The number of nitro groups is 1. The lowest BCUT2D eigenvalue weighted by atomic mass is 10.1. The van der Waals surface area contributed by atoms with E-state index < -0.39 is 4.92 Å². The summed E-state index contributed by atoms with van der Waals surface area (Å²) in [4.78, 5) is 24.6. The number of halogens is 1. The molecule has 0 N–H and O–H groups in total. The van der Waals surface area contributed by atoms with Gasteiger partial charge in [-0.3, -0.25) is 14.9 Å². The van der Waals surface area contributed by atoms with E-state index in [0.29, 0.717) is 19.0 Å². The fraction of sp³-hybridized carbons (Fsp3) is 0.500. The maximum atomic E-state index is 12.5. The van der Waals surface area contributed by atoms with Crippen LogP contribution in [0.2, 0.25) is 5.02 Å². The van der Waals surface area contributed by atoms with Gasteiger partial charge in [-0.2, -0.15) is 0 Å². The van der Waals surface area contributed by atoms with Crippen molar-refractivity contribution < 1.29 is 9.72 Å². The molecule has 20 heavy (non-hydrogen) atoms. The number of carbonyl (C=O) groups is 1. The summed E-state index contributed by atoms with van der Waals surface area (Å²) in [7, 11) is 0. The van der Waals surface area contributed by atoms with Crippen molar-refractivity contribution in [1.29, 1.82) is 0 Å². The summed E-state index contributed by atoms with van der Waals surface area (Å²) in [5, 5.41) is 11.1. The van der Waals surface area contributed by atoms with E-state index in [1.54, 1.807) is 4.90 Å². The second-order valence-corrected chi connectivity index (χ2v) is 5.52. The van der Waals surface area contributed by atoms with E-state index in [1.165, 1.54) is 18.2 Å². The monoisotopic (exact) mass is 296 g/mol. The van der Waals surface area contributed by atoms with Crippen LogP contribution in [0.1, 0.15) is 36.5 Å². The van der Waals surface area contributed by atoms with E-state index in [-0.39, 0.29) is 22.2 Å². The van der Waals surface area contributed by atoms with Crippen LogP contribution in [0.25, 0.3) is 0 Å². The Morgan fingerprint density at radius 2 is 2.20 bits per heavy atom. The first kappa shape index (κ1) is 14.8. The zero-order valence-corrected chi connectivity index (χ0v) is 12.1. The Morgan fingerprint density at radius 3 is 2.75 bits per heavy atom. The first-order valence-electron chi connectivity index (χ1n) is 6.76. The van der Waals surface area contributed by atoms with Crippen molar-refractivity contribution in [1.82, 2.24) is 4.90 Å². The topological polar surface area (TPSA) is 63.5 Å². The number of hydrogen-bond acceptors (Lipinski definition) is 3. The minimum atomic E-state index is -0.516. The van der Waals surface area contributed by atoms with E-state index in [2.05, 4.69) is 0 Å². The Kier molecular flexibility index (Phi) is 4.60. The maximum Gasteiger partial charge on any atom is 0.270 e. The van der Waals surface area contributed by atoms with Gasteiger partial charge in [0, 0.05) is 25.2 Å². The first-order valence-corrected chi connectivity index (χ1v) is 7.14. The lowest BCUT2D eigenvalue weighted by Gasteiger charge is -2.22. The fourth-order valence-electron chi connectivity index (χ4n) is 2.12. The summed E-state index contributed by atoms with van der Waals surface area (Å²) in [5.41, 5.74) is 0.107. The zero-order chi connectivity index (χ0) is 14.7. The van der Waals surface area contributed by atoms with Gasteiger partial charge in [0.1, 0.15) is 0 Å². The molecule has 0 atom stereocenters. The Morgan fingerprint density at radius 1 is 1.50 bits per heavy atom. The molecule has 1 aromatic rings. The minimum Gasteiger partial charge on any atom is -0.338 e. The molecule has 1 aliphatic rings. The average Bonchev–Trinajstić information content (AvgIpc) is 3.21. The van der Waals surface area contributed by atoms with Crippen molar-refractivity contribution in [3.63, 3.8) is 0 Å². The lowest BCUT2D eigenvalue weighted by molar-refractivity contribution is -0.384. The molecule has 6 heteroatoms. The highest BCUT2D eigenvalue weighted by Gasteiger charge is 2.28. The van der Waals surface area contributed by atoms with Gasteiger partial charge in [0.15, 0.2) is 0 Å². The van der Waals surface area contributed by atoms with Gasteiger partial charge in [-0.15, -0.1) is 0 Å². The van der Waals surface area contributed by atoms with Gasteiger partial charge in [0.2, 0.25) is 0 Å². The Bertz CT molecular complexity index is 529. The van der Waals surface area contributed by atoms with Crippen molar-refractivity contribution in [3.05, 3.63) is 38.9 Å². The van der Waals surface area contributed by atoms with Gasteiger partial charge in [-0.1, -0.05) is 18.5 Å². The maximum absolute atomic E-state index is 12.5. The SMILES string of the molecule is CCCN(CC1CC1)C(=O)c1cc([N+](=O)[O-])ccc1Cl. The van der Waals surface area contributed by atoms with E-state index in [4.69, 9.17) is 11.6 Å². The third-order valence-electron chi connectivity index (χ3n) is 3.35. The second kappa shape index (κ2) is 6.22. The van der Waals surface area contributed by atoms with Gasteiger partial charge in [-0.05, 0) is 31.2 Å². The molecule has 108 valence electrons. The molecule has 1 amide bonds. The molecule has 0 aromatic heterocycles. The highest BCUT2D eigenvalue weighted by atomic mass is 35.5. The van der Waals surface area contributed by atoms with E-state index in [1.807, 2.05) is 6.92 Å². The van der Waals surface area contributed by atoms with Crippen molar-refractivity contribution in [3.8, 4) is 0 Å². The molecular formula is C14H17ClN2O3. The van der Waals surface area contributed by atoms with Crippen LogP contribution in [-0.4, -0.2) is 28.8 Å². The standard InChI is InChI=1S/C14H17ClN2O3/c1-2-7-16(9-10-3-4-10)14(18)12-8-11(17(19)20)5-6-13(12)15/h5-6,8,10H,2-4,7,9H2,1H3. The Hall–Kier alpha value is -1.62. The van der Waals surface area contributed by atoms with Crippen LogP contribution < -0.4 is 0 Å². The molecule has 1 fully saturated rings. The minimum absolute atomic E-state index is 0.111. The number of rotatable bonds is 6. The molecule has 2 rings (SSSR count). The molecule has 1 aliphatic carbocycles. The van der Waals surface area contributed by atoms with Crippen LogP contribution >= 0.6 is 11.6 Å². The number of amides is 1. The third kappa shape index (κ3) is 3.48. The molecule has 0 saturated heterocycles. The molecule has 5 nitrogen and oxygen atoms in total. The largest absolute Gasteiger partial charge is 0.338 e. The number of benzene rings is 1. The molecule has 0 unspecified atom stereocenters. The van der Waals surface area contributed by atoms with Gasteiger partial charge in [0.25, 0.3) is 11.6 Å². The number of carbonyl (C=O) groups excluding carboxylic acids is 1. The molecule has 0 heterocycles. The quantitative estimate of drug-likeness (QED) is 0.596.